The minimum Gasteiger partial charge on any atom is -0.445 e. The standard InChI is InChI=1S/C18H20N2O4/c21-18(24-14-16-9-5-2-6-10-16)19-17(13-20(22)23)12-11-15-7-3-1-4-8-15/h1-10,17H,11-14H2,(H,19,21)/t17-/m1/s1. The van der Waals surface area contributed by atoms with Gasteiger partial charge in [0.1, 0.15) is 6.61 Å². The van der Waals surface area contributed by atoms with E-state index in [0.29, 0.717) is 12.8 Å². The molecule has 0 heterocycles. The third kappa shape index (κ3) is 6.48. The quantitative estimate of drug-likeness (QED) is 0.596. The van der Waals surface area contributed by atoms with Gasteiger partial charge in [-0.05, 0) is 24.0 Å². The molecule has 24 heavy (non-hydrogen) atoms. The lowest BCUT2D eigenvalue weighted by atomic mass is 10.1. The number of aryl methyl sites for hydroxylation is 1. The Morgan fingerprint density at radius 3 is 2.21 bits per heavy atom. The Morgan fingerprint density at radius 1 is 1.04 bits per heavy atom. The first-order valence-electron chi connectivity index (χ1n) is 7.76. The van der Waals surface area contributed by atoms with Crippen LogP contribution < -0.4 is 5.32 Å². The minimum absolute atomic E-state index is 0.135. The van der Waals surface area contributed by atoms with Crippen LogP contribution in [0.3, 0.4) is 0 Å². The number of rotatable bonds is 8. The Bertz CT molecular complexity index is 647. The van der Waals surface area contributed by atoms with Crippen LogP contribution >= 0.6 is 0 Å². The number of hydrogen-bond donors (Lipinski definition) is 1. The maximum absolute atomic E-state index is 11.9. The number of alkyl carbamates (subject to hydrolysis) is 1. The largest absolute Gasteiger partial charge is 0.445 e. The van der Waals surface area contributed by atoms with Crippen molar-refractivity contribution < 1.29 is 14.5 Å². The molecule has 6 heteroatoms. The van der Waals surface area contributed by atoms with Gasteiger partial charge >= 0.3 is 6.09 Å². The SMILES string of the molecule is O=C(N[C@H](CCc1ccccc1)C[N+](=O)[O-])OCc1ccccc1. The van der Waals surface area contributed by atoms with Crippen LogP contribution in [-0.4, -0.2) is 23.6 Å². The van der Waals surface area contributed by atoms with E-state index < -0.39 is 17.1 Å². The number of nitrogens with zero attached hydrogens (tertiary/aromatic N) is 1. The predicted molar refractivity (Wildman–Crippen MR) is 90.2 cm³/mol. The summed E-state index contributed by atoms with van der Waals surface area (Å²) in [5, 5.41) is 13.4. The lowest BCUT2D eigenvalue weighted by Gasteiger charge is -2.15. The first-order chi connectivity index (χ1) is 11.6. The van der Waals surface area contributed by atoms with Crippen molar-refractivity contribution in [1.82, 2.24) is 5.32 Å². The lowest BCUT2D eigenvalue weighted by molar-refractivity contribution is -0.483. The molecule has 0 saturated heterocycles. The molecule has 0 aliphatic carbocycles. The van der Waals surface area contributed by atoms with Gasteiger partial charge in [-0.15, -0.1) is 0 Å². The maximum atomic E-state index is 11.9. The summed E-state index contributed by atoms with van der Waals surface area (Å²) >= 11 is 0. The normalized spacial score (nSPS) is 11.5. The zero-order chi connectivity index (χ0) is 17.2. The Labute approximate surface area is 140 Å². The molecule has 0 fully saturated rings. The second-order valence-electron chi connectivity index (χ2n) is 5.44. The highest BCUT2D eigenvalue weighted by atomic mass is 16.6. The van der Waals surface area contributed by atoms with Crippen molar-refractivity contribution in [1.29, 1.82) is 0 Å². The first kappa shape index (κ1) is 17.5. The molecule has 2 aromatic carbocycles. The number of carbonyl (C=O) groups excluding carboxylic acids is 1. The third-order valence-electron chi connectivity index (χ3n) is 3.53. The highest BCUT2D eigenvalue weighted by Crippen LogP contribution is 2.06. The summed E-state index contributed by atoms with van der Waals surface area (Å²) in [6.45, 7) is -0.191. The first-order valence-corrected chi connectivity index (χ1v) is 7.76. The van der Waals surface area contributed by atoms with Crippen LogP contribution in [0.2, 0.25) is 0 Å². The van der Waals surface area contributed by atoms with E-state index in [0.717, 1.165) is 11.1 Å². The monoisotopic (exact) mass is 328 g/mol. The van der Waals surface area contributed by atoms with Crippen LogP contribution in [0.5, 0.6) is 0 Å². The molecule has 0 spiro atoms. The van der Waals surface area contributed by atoms with Crippen LogP contribution in [0.25, 0.3) is 0 Å². The van der Waals surface area contributed by atoms with Gasteiger partial charge in [0.2, 0.25) is 6.54 Å². The summed E-state index contributed by atoms with van der Waals surface area (Å²) < 4.78 is 5.12. The van der Waals surface area contributed by atoms with Crippen molar-refractivity contribution in [2.75, 3.05) is 6.54 Å². The van der Waals surface area contributed by atoms with E-state index in [1.165, 1.54) is 0 Å². The molecular formula is C18H20N2O4. The number of carbonyl (C=O) groups is 1. The van der Waals surface area contributed by atoms with Crippen LogP contribution in [0.1, 0.15) is 17.5 Å². The van der Waals surface area contributed by atoms with Crippen molar-refractivity contribution in [2.24, 2.45) is 0 Å². The molecule has 1 amide bonds. The number of nitrogens with one attached hydrogen (secondary N) is 1. The van der Waals surface area contributed by atoms with Gasteiger partial charge in [-0.25, -0.2) is 4.79 Å². The highest BCUT2D eigenvalue weighted by Gasteiger charge is 2.18. The summed E-state index contributed by atoms with van der Waals surface area (Å²) in [6.07, 6.45) is 0.489. The molecule has 0 aromatic heterocycles. The fourth-order valence-electron chi connectivity index (χ4n) is 2.31. The van der Waals surface area contributed by atoms with Crippen molar-refractivity contribution in [3.63, 3.8) is 0 Å². The van der Waals surface area contributed by atoms with Gasteiger partial charge in [0.15, 0.2) is 0 Å². The van der Waals surface area contributed by atoms with Crippen LogP contribution in [0.4, 0.5) is 4.79 Å². The molecule has 6 nitrogen and oxygen atoms in total. The fourth-order valence-corrected chi connectivity index (χ4v) is 2.31. The van der Waals surface area contributed by atoms with Crippen LogP contribution in [0, 0.1) is 10.1 Å². The molecule has 1 atom stereocenters. The molecule has 0 unspecified atom stereocenters. The molecule has 0 aliphatic heterocycles. The average molecular weight is 328 g/mol. The zero-order valence-electron chi connectivity index (χ0n) is 13.3. The van der Waals surface area contributed by atoms with E-state index >= 15 is 0 Å². The molecule has 0 aliphatic rings. The summed E-state index contributed by atoms with van der Waals surface area (Å²) in [5.74, 6) is 0. The molecule has 2 aromatic rings. The summed E-state index contributed by atoms with van der Waals surface area (Å²) in [4.78, 5) is 22.2. The van der Waals surface area contributed by atoms with Crippen molar-refractivity contribution in [3.8, 4) is 0 Å². The summed E-state index contributed by atoms with van der Waals surface area (Å²) in [7, 11) is 0. The maximum Gasteiger partial charge on any atom is 0.407 e. The molecule has 126 valence electrons. The van der Waals surface area contributed by atoms with Gasteiger partial charge in [0, 0.05) is 4.92 Å². The number of amides is 1. The second kappa shape index (κ2) is 9.29. The Morgan fingerprint density at radius 2 is 1.62 bits per heavy atom. The van der Waals surface area contributed by atoms with Gasteiger partial charge in [-0.2, -0.15) is 0 Å². The van der Waals surface area contributed by atoms with Crippen molar-refractivity contribution in [3.05, 3.63) is 81.9 Å². The van der Waals surface area contributed by atoms with Crippen LogP contribution in [0.15, 0.2) is 60.7 Å². The molecule has 0 bridgehead atoms. The van der Waals surface area contributed by atoms with E-state index in [2.05, 4.69) is 5.32 Å². The van der Waals surface area contributed by atoms with E-state index in [-0.39, 0.29) is 13.2 Å². The van der Waals surface area contributed by atoms with E-state index in [9.17, 15) is 14.9 Å². The minimum atomic E-state index is -0.640. The highest BCUT2D eigenvalue weighted by molar-refractivity contribution is 5.67. The molecule has 0 saturated carbocycles. The number of benzene rings is 2. The number of hydrogen-bond acceptors (Lipinski definition) is 4. The second-order valence-corrected chi connectivity index (χ2v) is 5.44. The summed E-state index contributed by atoms with van der Waals surface area (Å²) in [5.41, 5.74) is 1.94. The van der Waals surface area contributed by atoms with Gasteiger partial charge in [0.05, 0.1) is 6.04 Å². The predicted octanol–water partition coefficient (Wildman–Crippen LogP) is 3.19. The number of ether oxygens (including phenoxy) is 1. The Kier molecular flexibility index (Phi) is 6.76. The fraction of sp³-hybridized carbons (Fsp3) is 0.278. The van der Waals surface area contributed by atoms with E-state index in [1.54, 1.807) is 0 Å². The molecule has 1 N–H and O–H groups in total. The molecule has 2 rings (SSSR count). The van der Waals surface area contributed by atoms with Crippen molar-refractivity contribution >= 4 is 6.09 Å². The van der Waals surface area contributed by atoms with Gasteiger partial charge in [-0.3, -0.25) is 10.1 Å². The van der Waals surface area contributed by atoms with E-state index in [1.807, 2.05) is 60.7 Å². The van der Waals surface area contributed by atoms with Crippen molar-refractivity contribution in [2.45, 2.75) is 25.5 Å². The third-order valence-corrected chi connectivity index (χ3v) is 3.53. The summed E-state index contributed by atoms with van der Waals surface area (Å²) in [6, 6.07) is 18.4. The van der Waals surface area contributed by atoms with E-state index in [4.69, 9.17) is 4.74 Å². The Balaban J connectivity index is 1.83. The smallest absolute Gasteiger partial charge is 0.407 e. The topological polar surface area (TPSA) is 81.5 Å². The lowest BCUT2D eigenvalue weighted by Crippen LogP contribution is -2.40. The van der Waals surface area contributed by atoms with Gasteiger partial charge in [0.25, 0.3) is 0 Å². The van der Waals surface area contributed by atoms with Gasteiger partial charge < -0.3 is 10.1 Å². The van der Waals surface area contributed by atoms with Crippen LogP contribution in [-0.2, 0) is 17.8 Å². The zero-order valence-corrected chi connectivity index (χ0v) is 13.3. The average Bonchev–Trinajstić information content (AvgIpc) is 2.59. The number of nitro groups is 1. The Hall–Kier alpha value is -2.89. The molecule has 0 radical (unpaired) electrons. The van der Waals surface area contributed by atoms with Gasteiger partial charge in [-0.1, -0.05) is 60.7 Å². The molecular weight excluding hydrogens is 308 g/mol.